The third-order valence-corrected chi connectivity index (χ3v) is 4.99. The van der Waals surface area contributed by atoms with Crippen LogP contribution in [0.25, 0.3) is 0 Å². The van der Waals surface area contributed by atoms with Crippen molar-refractivity contribution in [2.24, 2.45) is 5.14 Å². The van der Waals surface area contributed by atoms with Gasteiger partial charge >= 0.3 is 0 Å². The molecule has 0 saturated heterocycles. The predicted octanol–water partition coefficient (Wildman–Crippen LogP) is 2.74. The maximum atomic E-state index is 12.4. The van der Waals surface area contributed by atoms with Gasteiger partial charge in [-0.25, -0.2) is 13.6 Å². The minimum absolute atomic E-state index is 0.0779. The second kappa shape index (κ2) is 7.94. The number of primary sulfonamides is 1. The molecule has 0 heterocycles. The van der Waals surface area contributed by atoms with E-state index in [-0.39, 0.29) is 10.8 Å². The van der Waals surface area contributed by atoms with Crippen LogP contribution in [0, 0.1) is 6.92 Å². The second-order valence-electron chi connectivity index (χ2n) is 5.73. The number of carbonyl (C=O) groups excluding carboxylic acids is 1. The van der Waals surface area contributed by atoms with Gasteiger partial charge in [-0.05, 0) is 43.7 Å². The molecule has 2 aromatic carbocycles. The van der Waals surface area contributed by atoms with Crippen molar-refractivity contribution in [3.8, 4) is 5.75 Å². The van der Waals surface area contributed by atoms with E-state index in [1.165, 1.54) is 25.3 Å². The van der Waals surface area contributed by atoms with Crippen molar-refractivity contribution >= 4 is 38.9 Å². The molecule has 0 radical (unpaired) electrons. The molecule has 0 aromatic heterocycles. The molecule has 2 aromatic rings. The fourth-order valence-corrected chi connectivity index (χ4v) is 2.96. The lowest BCUT2D eigenvalue weighted by atomic mass is 10.2. The normalized spacial score (nSPS) is 12.3. The Morgan fingerprint density at radius 3 is 2.58 bits per heavy atom. The van der Waals surface area contributed by atoms with E-state index < -0.39 is 16.1 Å². The van der Waals surface area contributed by atoms with E-state index in [1.54, 1.807) is 25.1 Å². The molecule has 0 aliphatic heterocycles. The molecule has 2 rings (SSSR count). The summed E-state index contributed by atoms with van der Waals surface area (Å²) in [6, 6.07) is 8.56. The molecule has 9 heteroatoms. The highest BCUT2D eigenvalue weighted by atomic mass is 35.5. The molecular formula is C17H20ClN3O4S. The zero-order chi connectivity index (χ0) is 19.5. The third-order valence-electron chi connectivity index (χ3n) is 3.68. The average Bonchev–Trinajstić information content (AvgIpc) is 2.57. The van der Waals surface area contributed by atoms with Crippen LogP contribution in [0.4, 0.5) is 11.4 Å². The van der Waals surface area contributed by atoms with Crippen LogP contribution in [0.15, 0.2) is 41.3 Å². The Morgan fingerprint density at radius 2 is 1.96 bits per heavy atom. The van der Waals surface area contributed by atoms with Crippen molar-refractivity contribution in [3.63, 3.8) is 0 Å². The molecule has 1 atom stereocenters. The number of halogens is 1. The zero-order valence-electron chi connectivity index (χ0n) is 14.5. The van der Waals surface area contributed by atoms with Gasteiger partial charge in [-0.2, -0.15) is 0 Å². The van der Waals surface area contributed by atoms with Crippen LogP contribution in [0.5, 0.6) is 5.75 Å². The van der Waals surface area contributed by atoms with E-state index in [4.69, 9.17) is 21.5 Å². The van der Waals surface area contributed by atoms with Crippen molar-refractivity contribution in [3.05, 3.63) is 47.0 Å². The quantitative estimate of drug-likeness (QED) is 0.694. The van der Waals surface area contributed by atoms with Crippen LogP contribution in [0.3, 0.4) is 0 Å². The number of hydrogen-bond donors (Lipinski definition) is 3. The van der Waals surface area contributed by atoms with Crippen LogP contribution in [-0.4, -0.2) is 27.5 Å². The number of anilines is 2. The maximum Gasteiger partial charge on any atom is 0.246 e. The second-order valence-corrected chi connectivity index (χ2v) is 7.70. The smallest absolute Gasteiger partial charge is 0.246 e. The number of sulfonamides is 1. The summed E-state index contributed by atoms with van der Waals surface area (Å²) < 4.78 is 28.1. The van der Waals surface area contributed by atoms with Crippen LogP contribution >= 0.6 is 11.6 Å². The van der Waals surface area contributed by atoms with Crippen LogP contribution in [0.2, 0.25) is 5.02 Å². The summed E-state index contributed by atoms with van der Waals surface area (Å²) in [6.45, 7) is 3.51. The molecule has 0 bridgehead atoms. The van der Waals surface area contributed by atoms with E-state index in [2.05, 4.69) is 10.6 Å². The van der Waals surface area contributed by atoms with Crippen molar-refractivity contribution in [2.75, 3.05) is 17.7 Å². The molecule has 1 unspecified atom stereocenters. The summed E-state index contributed by atoms with van der Waals surface area (Å²) in [5.74, 6) is 0.155. The third kappa shape index (κ3) is 4.87. The number of nitrogens with one attached hydrogen (secondary N) is 2. The molecular weight excluding hydrogens is 378 g/mol. The zero-order valence-corrected chi connectivity index (χ0v) is 16.1. The largest absolute Gasteiger partial charge is 0.495 e. The molecule has 0 spiro atoms. The number of benzene rings is 2. The predicted molar refractivity (Wildman–Crippen MR) is 102 cm³/mol. The van der Waals surface area contributed by atoms with Gasteiger partial charge < -0.3 is 15.4 Å². The van der Waals surface area contributed by atoms with Crippen molar-refractivity contribution in [1.29, 1.82) is 0 Å². The first-order chi connectivity index (χ1) is 12.1. The summed E-state index contributed by atoms with van der Waals surface area (Å²) in [6.07, 6.45) is 0. The van der Waals surface area contributed by atoms with Gasteiger partial charge in [0.1, 0.15) is 11.8 Å². The number of ether oxygens (including phenoxy) is 1. The van der Waals surface area contributed by atoms with E-state index in [0.29, 0.717) is 22.1 Å². The van der Waals surface area contributed by atoms with Crippen LogP contribution in [0.1, 0.15) is 12.5 Å². The summed E-state index contributed by atoms with van der Waals surface area (Å²) >= 11 is 6.08. The Morgan fingerprint density at radius 1 is 1.27 bits per heavy atom. The lowest BCUT2D eigenvalue weighted by Gasteiger charge is -2.18. The standard InChI is InChI=1S/C17H20ClN3O4S/c1-10-7-15(16(25-3)9-14(10)18)20-11(2)17(22)21-12-5-4-6-13(8-12)26(19,23)24/h4-9,11,20H,1-3H3,(H,21,22)(H2,19,23,24). The van der Waals surface area contributed by atoms with Gasteiger partial charge in [0.15, 0.2) is 0 Å². The number of amides is 1. The van der Waals surface area contributed by atoms with Gasteiger partial charge in [0, 0.05) is 16.8 Å². The highest BCUT2D eigenvalue weighted by molar-refractivity contribution is 7.89. The molecule has 0 saturated carbocycles. The van der Waals surface area contributed by atoms with Crippen molar-refractivity contribution in [1.82, 2.24) is 0 Å². The SMILES string of the molecule is COc1cc(Cl)c(C)cc1NC(C)C(=O)Nc1cccc(S(N)(=O)=O)c1. The molecule has 0 aliphatic rings. The summed E-state index contributed by atoms with van der Waals surface area (Å²) in [4.78, 5) is 12.3. The molecule has 140 valence electrons. The number of carbonyl (C=O) groups is 1. The van der Waals surface area contributed by atoms with Gasteiger partial charge in [0.05, 0.1) is 17.7 Å². The van der Waals surface area contributed by atoms with Gasteiger partial charge in [0.2, 0.25) is 15.9 Å². The Hall–Kier alpha value is -2.29. The molecule has 0 aliphatic carbocycles. The van der Waals surface area contributed by atoms with Crippen molar-refractivity contribution in [2.45, 2.75) is 24.8 Å². The average molecular weight is 398 g/mol. The first kappa shape index (κ1) is 20.0. The van der Waals surface area contributed by atoms with E-state index in [9.17, 15) is 13.2 Å². The number of methoxy groups -OCH3 is 1. The number of aryl methyl sites for hydroxylation is 1. The highest BCUT2D eigenvalue weighted by Crippen LogP contribution is 2.31. The van der Waals surface area contributed by atoms with E-state index in [1.807, 2.05) is 6.92 Å². The monoisotopic (exact) mass is 397 g/mol. The van der Waals surface area contributed by atoms with Crippen LogP contribution < -0.4 is 20.5 Å². The number of nitrogens with two attached hydrogens (primary N) is 1. The van der Waals surface area contributed by atoms with E-state index in [0.717, 1.165) is 5.56 Å². The summed E-state index contributed by atoms with van der Waals surface area (Å²) in [7, 11) is -2.33. The number of rotatable bonds is 6. The van der Waals surface area contributed by atoms with E-state index >= 15 is 0 Å². The first-order valence-corrected chi connectivity index (χ1v) is 9.58. The highest BCUT2D eigenvalue weighted by Gasteiger charge is 2.17. The topological polar surface area (TPSA) is 111 Å². The minimum atomic E-state index is -3.84. The van der Waals surface area contributed by atoms with Gasteiger partial charge in [-0.1, -0.05) is 17.7 Å². The first-order valence-electron chi connectivity index (χ1n) is 7.66. The Kier molecular flexibility index (Phi) is 6.12. The Bertz CT molecular complexity index is 932. The van der Waals surface area contributed by atoms with Gasteiger partial charge in [-0.3, -0.25) is 4.79 Å². The molecule has 1 amide bonds. The lowest BCUT2D eigenvalue weighted by Crippen LogP contribution is -2.32. The van der Waals surface area contributed by atoms with Gasteiger partial charge in [-0.15, -0.1) is 0 Å². The lowest BCUT2D eigenvalue weighted by molar-refractivity contribution is -0.116. The molecule has 7 nitrogen and oxygen atoms in total. The maximum absolute atomic E-state index is 12.4. The Balaban J connectivity index is 2.15. The van der Waals surface area contributed by atoms with Gasteiger partial charge in [0.25, 0.3) is 0 Å². The summed E-state index contributed by atoms with van der Waals surface area (Å²) in [5.41, 5.74) is 1.79. The molecule has 26 heavy (non-hydrogen) atoms. The Labute approximate surface area is 157 Å². The summed E-state index contributed by atoms with van der Waals surface area (Å²) in [5, 5.41) is 11.4. The minimum Gasteiger partial charge on any atom is -0.495 e. The van der Waals surface area contributed by atoms with Crippen LogP contribution in [-0.2, 0) is 14.8 Å². The fourth-order valence-electron chi connectivity index (χ4n) is 2.25. The number of hydrogen-bond acceptors (Lipinski definition) is 5. The molecule has 0 fully saturated rings. The fraction of sp³-hybridized carbons (Fsp3) is 0.235. The van der Waals surface area contributed by atoms with Crippen molar-refractivity contribution < 1.29 is 17.9 Å². The molecule has 4 N–H and O–H groups in total.